The van der Waals surface area contributed by atoms with Crippen molar-refractivity contribution in [3.8, 4) is 0 Å². The molecule has 7 heteroatoms. The Balaban J connectivity index is 1.90. The van der Waals surface area contributed by atoms with Gasteiger partial charge in [-0.3, -0.25) is 10.1 Å². The molecular formula is C13H19N5O2. The van der Waals surface area contributed by atoms with Crippen LogP contribution in [-0.2, 0) is 11.3 Å². The number of carbonyl (C=O) groups is 2. The molecule has 7 nitrogen and oxygen atoms in total. The van der Waals surface area contributed by atoms with Gasteiger partial charge in [0.1, 0.15) is 17.7 Å². The number of hydrogen-bond acceptors (Lipinski definition) is 4. The van der Waals surface area contributed by atoms with E-state index in [1.165, 1.54) is 6.33 Å². The van der Waals surface area contributed by atoms with Gasteiger partial charge in [0, 0.05) is 6.04 Å². The highest BCUT2D eigenvalue weighted by molar-refractivity contribution is 6.07. The van der Waals surface area contributed by atoms with Gasteiger partial charge in [-0.1, -0.05) is 12.8 Å². The average Bonchev–Trinajstić information content (AvgIpc) is 3.08. The molecule has 1 saturated carbocycles. The molecule has 2 aliphatic rings. The molecule has 0 aromatic carbocycles. The maximum absolute atomic E-state index is 12.2. The first-order chi connectivity index (χ1) is 9.54. The van der Waals surface area contributed by atoms with Gasteiger partial charge in [-0.2, -0.15) is 5.10 Å². The number of urea groups is 1. The summed E-state index contributed by atoms with van der Waals surface area (Å²) in [6.07, 6.45) is 4.93. The zero-order valence-electron chi connectivity index (χ0n) is 11.8. The topological polar surface area (TPSA) is 80.1 Å². The van der Waals surface area contributed by atoms with Gasteiger partial charge in [-0.05, 0) is 26.7 Å². The molecule has 1 saturated heterocycles. The average molecular weight is 277 g/mol. The minimum absolute atomic E-state index is 0.157. The third-order valence-electron chi connectivity index (χ3n) is 4.27. The highest BCUT2D eigenvalue weighted by Gasteiger charge is 2.54. The van der Waals surface area contributed by atoms with Gasteiger partial charge in [-0.15, -0.1) is 0 Å². The first-order valence-electron chi connectivity index (χ1n) is 7.06. The van der Waals surface area contributed by atoms with Crippen LogP contribution in [0, 0.1) is 0 Å². The maximum atomic E-state index is 12.2. The summed E-state index contributed by atoms with van der Waals surface area (Å²) < 4.78 is 1.79. The van der Waals surface area contributed by atoms with E-state index in [0.717, 1.165) is 31.5 Å². The molecule has 1 N–H and O–H groups in total. The van der Waals surface area contributed by atoms with Crippen molar-refractivity contribution >= 4 is 11.9 Å². The van der Waals surface area contributed by atoms with Crippen LogP contribution in [0.3, 0.4) is 0 Å². The van der Waals surface area contributed by atoms with Crippen LogP contribution in [0.1, 0.15) is 51.4 Å². The van der Waals surface area contributed by atoms with E-state index in [0.29, 0.717) is 6.54 Å². The summed E-state index contributed by atoms with van der Waals surface area (Å²) in [6.45, 7) is 4.35. The highest BCUT2D eigenvalue weighted by Crippen LogP contribution is 2.39. The van der Waals surface area contributed by atoms with Gasteiger partial charge >= 0.3 is 6.03 Å². The second kappa shape index (κ2) is 4.57. The molecule has 1 spiro atoms. The lowest BCUT2D eigenvalue weighted by atomic mass is 9.96. The van der Waals surface area contributed by atoms with Crippen LogP contribution < -0.4 is 5.32 Å². The lowest BCUT2D eigenvalue weighted by Crippen LogP contribution is -2.47. The predicted molar refractivity (Wildman–Crippen MR) is 70.7 cm³/mol. The maximum Gasteiger partial charge on any atom is 0.325 e. The third-order valence-corrected chi connectivity index (χ3v) is 4.27. The van der Waals surface area contributed by atoms with Gasteiger partial charge in [-0.25, -0.2) is 14.5 Å². The van der Waals surface area contributed by atoms with Crippen LogP contribution in [0.5, 0.6) is 0 Å². The van der Waals surface area contributed by atoms with Crippen molar-refractivity contribution in [2.75, 3.05) is 0 Å². The van der Waals surface area contributed by atoms with Crippen molar-refractivity contribution in [3.05, 3.63) is 12.2 Å². The first-order valence-corrected chi connectivity index (χ1v) is 7.06. The molecule has 0 bridgehead atoms. The summed E-state index contributed by atoms with van der Waals surface area (Å²) in [5.74, 6) is 0.562. The molecule has 20 heavy (non-hydrogen) atoms. The van der Waals surface area contributed by atoms with Crippen LogP contribution in [0.25, 0.3) is 0 Å². The van der Waals surface area contributed by atoms with Crippen molar-refractivity contribution < 1.29 is 9.59 Å². The van der Waals surface area contributed by atoms with Gasteiger partial charge < -0.3 is 4.90 Å². The number of amides is 3. The first kappa shape index (κ1) is 13.1. The minimum Gasteiger partial charge on any atom is -0.302 e. The predicted octanol–water partition coefficient (Wildman–Crippen LogP) is 1.22. The summed E-state index contributed by atoms with van der Waals surface area (Å²) >= 11 is 0. The number of aromatic nitrogens is 3. The molecule has 1 aromatic rings. The monoisotopic (exact) mass is 277 g/mol. The molecule has 2 fully saturated rings. The molecule has 0 unspecified atom stereocenters. The molecule has 108 valence electrons. The van der Waals surface area contributed by atoms with Crippen LogP contribution in [0.2, 0.25) is 0 Å². The van der Waals surface area contributed by atoms with Crippen LogP contribution in [0.4, 0.5) is 4.79 Å². The number of rotatable bonds is 3. The quantitative estimate of drug-likeness (QED) is 0.842. The summed E-state index contributed by atoms with van der Waals surface area (Å²) in [6, 6.07) is -0.136. The Morgan fingerprint density at radius 1 is 1.35 bits per heavy atom. The van der Waals surface area contributed by atoms with Crippen molar-refractivity contribution in [1.82, 2.24) is 25.0 Å². The van der Waals surface area contributed by atoms with Crippen molar-refractivity contribution in [1.29, 1.82) is 0 Å². The number of hydrogen-bond donors (Lipinski definition) is 1. The standard InChI is InChI=1S/C13H19N5O2/c1-9(2)18-10(14-8-15-18)7-17-12(20)16-11(19)13(17)5-3-4-6-13/h8-9H,3-7H2,1-2H3,(H,16,19,20). The molecular weight excluding hydrogens is 258 g/mol. The minimum atomic E-state index is -0.662. The van der Waals surface area contributed by atoms with E-state index in [2.05, 4.69) is 15.4 Å². The lowest BCUT2D eigenvalue weighted by Gasteiger charge is -2.31. The summed E-state index contributed by atoms with van der Waals surface area (Å²) in [5.41, 5.74) is -0.662. The van der Waals surface area contributed by atoms with E-state index in [1.807, 2.05) is 13.8 Å². The van der Waals surface area contributed by atoms with Gasteiger partial charge in [0.2, 0.25) is 0 Å². The second-order valence-electron chi connectivity index (χ2n) is 5.80. The Morgan fingerprint density at radius 3 is 2.70 bits per heavy atom. The number of carbonyl (C=O) groups excluding carboxylic acids is 2. The Kier molecular flexibility index (Phi) is 2.99. The molecule has 0 radical (unpaired) electrons. The normalized spacial score (nSPS) is 21.2. The number of nitrogens with zero attached hydrogens (tertiary/aromatic N) is 4. The van der Waals surface area contributed by atoms with E-state index < -0.39 is 5.54 Å². The molecule has 3 amide bonds. The smallest absolute Gasteiger partial charge is 0.302 e. The molecule has 1 aliphatic heterocycles. The largest absolute Gasteiger partial charge is 0.325 e. The molecule has 2 heterocycles. The fraction of sp³-hybridized carbons (Fsp3) is 0.692. The Hall–Kier alpha value is -1.92. The summed E-state index contributed by atoms with van der Waals surface area (Å²) in [4.78, 5) is 30.1. The SMILES string of the molecule is CC(C)n1ncnc1CN1C(=O)NC(=O)C12CCCC2. The van der Waals surface area contributed by atoms with Crippen molar-refractivity contribution in [2.45, 2.75) is 57.7 Å². The zero-order chi connectivity index (χ0) is 14.3. The lowest BCUT2D eigenvalue weighted by molar-refractivity contribution is -0.126. The number of nitrogens with one attached hydrogen (secondary N) is 1. The number of imide groups is 1. The van der Waals surface area contributed by atoms with Gasteiger partial charge in [0.05, 0.1) is 6.54 Å². The van der Waals surface area contributed by atoms with Crippen molar-refractivity contribution in [3.63, 3.8) is 0 Å². The molecule has 1 aliphatic carbocycles. The van der Waals surface area contributed by atoms with Crippen LogP contribution >= 0.6 is 0 Å². The zero-order valence-corrected chi connectivity index (χ0v) is 11.8. The van der Waals surface area contributed by atoms with Crippen LogP contribution in [0.15, 0.2) is 6.33 Å². The van der Waals surface area contributed by atoms with Gasteiger partial charge in [0.15, 0.2) is 0 Å². The highest BCUT2D eigenvalue weighted by atomic mass is 16.2. The fourth-order valence-corrected chi connectivity index (χ4v) is 3.24. The van der Waals surface area contributed by atoms with Gasteiger partial charge in [0.25, 0.3) is 5.91 Å². The fourth-order valence-electron chi connectivity index (χ4n) is 3.24. The van der Waals surface area contributed by atoms with E-state index in [1.54, 1.807) is 9.58 Å². The third kappa shape index (κ3) is 1.80. The van der Waals surface area contributed by atoms with E-state index in [4.69, 9.17) is 0 Å². The van der Waals surface area contributed by atoms with Crippen molar-refractivity contribution in [2.24, 2.45) is 0 Å². The Bertz CT molecular complexity index is 545. The second-order valence-corrected chi connectivity index (χ2v) is 5.80. The Labute approximate surface area is 117 Å². The molecule has 0 atom stereocenters. The molecule has 3 rings (SSSR count). The molecule has 1 aromatic heterocycles. The van der Waals surface area contributed by atoms with E-state index in [-0.39, 0.29) is 18.0 Å². The van der Waals surface area contributed by atoms with Crippen LogP contribution in [-0.4, -0.2) is 37.1 Å². The Morgan fingerprint density at radius 2 is 2.05 bits per heavy atom. The van der Waals surface area contributed by atoms with E-state index >= 15 is 0 Å². The summed E-state index contributed by atoms with van der Waals surface area (Å²) in [5, 5.41) is 6.63. The summed E-state index contributed by atoms with van der Waals surface area (Å²) in [7, 11) is 0. The van der Waals surface area contributed by atoms with E-state index in [9.17, 15) is 9.59 Å².